The van der Waals surface area contributed by atoms with Gasteiger partial charge >= 0.3 is 0 Å². The van der Waals surface area contributed by atoms with Crippen LogP contribution >= 0.6 is 0 Å². The second-order valence-electron chi connectivity index (χ2n) is 5.19. The molecule has 2 rings (SSSR count). The van der Waals surface area contributed by atoms with E-state index in [9.17, 15) is 10.2 Å². The molecule has 2 heteroatoms. The van der Waals surface area contributed by atoms with Crippen molar-refractivity contribution in [2.24, 2.45) is 0 Å². The van der Waals surface area contributed by atoms with E-state index in [0.717, 1.165) is 42.4 Å². The molecule has 0 amide bonds. The summed E-state index contributed by atoms with van der Waals surface area (Å²) in [5.74, 6) is 0.507. The zero-order valence-electron chi connectivity index (χ0n) is 12.2. The van der Waals surface area contributed by atoms with Crippen molar-refractivity contribution in [2.75, 3.05) is 0 Å². The van der Waals surface area contributed by atoms with Crippen LogP contribution in [0.1, 0.15) is 37.8 Å². The molecule has 0 aliphatic rings. The van der Waals surface area contributed by atoms with Crippen LogP contribution in [0.4, 0.5) is 0 Å². The minimum atomic E-state index is 0.236. The summed E-state index contributed by atoms with van der Waals surface area (Å²) in [5, 5.41) is 19.9. The van der Waals surface area contributed by atoms with E-state index in [1.807, 2.05) is 18.2 Å². The number of benzene rings is 2. The molecule has 0 spiro atoms. The number of phenolic OH excluding ortho intramolecular Hbond substituents is 2. The number of aryl methyl sites for hydroxylation is 2. The summed E-state index contributed by atoms with van der Waals surface area (Å²) in [6.45, 7) is 4.27. The Morgan fingerprint density at radius 2 is 1.55 bits per heavy atom. The molecule has 2 nitrogen and oxygen atoms in total. The monoisotopic (exact) mass is 270 g/mol. The fourth-order valence-corrected chi connectivity index (χ4v) is 2.55. The van der Waals surface area contributed by atoms with Crippen LogP contribution in [-0.2, 0) is 12.8 Å². The fourth-order valence-electron chi connectivity index (χ4n) is 2.55. The standard InChI is InChI=1S/C18H22O2/c1-3-5-13-7-10-18(20)17(11-13)16-12-15(19)9-8-14(16)6-4-2/h7-12,19-20H,3-6H2,1-2H3. The van der Waals surface area contributed by atoms with Crippen LogP contribution in [0.15, 0.2) is 36.4 Å². The maximum atomic E-state index is 10.2. The Labute approximate surface area is 120 Å². The molecule has 0 unspecified atom stereocenters. The lowest BCUT2D eigenvalue weighted by Gasteiger charge is -2.13. The molecule has 0 aliphatic heterocycles. The van der Waals surface area contributed by atoms with Gasteiger partial charge in [-0.2, -0.15) is 0 Å². The summed E-state index contributed by atoms with van der Waals surface area (Å²) >= 11 is 0. The fraction of sp³-hybridized carbons (Fsp3) is 0.333. The van der Waals surface area contributed by atoms with Gasteiger partial charge in [-0.3, -0.25) is 0 Å². The van der Waals surface area contributed by atoms with Crippen LogP contribution in [0.25, 0.3) is 11.1 Å². The van der Waals surface area contributed by atoms with Gasteiger partial charge in [0.15, 0.2) is 0 Å². The number of aromatic hydroxyl groups is 2. The first-order chi connectivity index (χ1) is 9.65. The summed E-state index contributed by atoms with van der Waals surface area (Å²) < 4.78 is 0. The van der Waals surface area contributed by atoms with E-state index in [4.69, 9.17) is 0 Å². The van der Waals surface area contributed by atoms with Crippen molar-refractivity contribution in [1.82, 2.24) is 0 Å². The van der Waals surface area contributed by atoms with Gasteiger partial charge in [-0.25, -0.2) is 0 Å². The third kappa shape index (κ3) is 3.13. The van der Waals surface area contributed by atoms with E-state index in [1.54, 1.807) is 18.2 Å². The van der Waals surface area contributed by atoms with E-state index in [1.165, 1.54) is 5.56 Å². The number of phenols is 2. The van der Waals surface area contributed by atoms with Crippen molar-refractivity contribution in [1.29, 1.82) is 0 Å². The third-order valence-corrected chi connectivity index (χ3v) is 3.50. The van der Waals surface area contributed by atoms with Crippen LogP contribution < -0.4 is 0 Å². The first-order valence-electron chi connectivity index (χ1n) is 7.29. The van der Waals surface area contributed by atoms with Crippen LogP contribution in [0.3, 0.4) is 0 Å². The van der Waals surface area contributed by atoms with Gasteiger partial charge in [0.1, 0.15) is 11.5 Å². The maximum absolute atomic E-state index is 10.2. The molecule has 0 saturated carbocycles. The van der Waals surface area contributed by atoms with Gasteiger partial charge in [-0.1, -0.05) is 38.8 Å². The zero-order chi connectivity index (χ0) is 14.5. The predicted molar refractivity (Wildman–Crippen MR) is 83.2 cm³/mol. The molecule has 0 atom stereocenters. The van der Waals surface area contributed by atoms with Gasteiger partial charge in [-0.15, -0.1) is 0 Å². The van der Waals surface area contributed by atoms with Gasteiger partial charge in [0.2, 0.25) is 0 Å². The quantitative estimate of drug-likeness (QED) is 0.828. The lowest BCUT2D eigenvalue weighted by atomic mass is 9.94. The lowest BCUT2D eigenvalue weighted by Crippen LogP contribution is -1.92. The van der Waals surface area contributed by atoms with Crippen LogP contribution in [0.2, 0.25) is 0 Å². The van der Waals surface area contributed by atoms with Crippen molar-refractivity contribution >= 4 is 0 Å². The molecule has 20 heavy (non-hydrogen) atoms. The van der Waals surface area contributed by atoms with Crippen LogP contribution in [-0.4, -0.2) is 10.2 Å². The molecule has 2 aromatic carbocycles. The van der Waals surface area contributed by atoms with Crippen molar-refractivity contribution < 1.29 is 10.2 Å². The summed E-state index contributed by atoms with van der Waals surface area (Å²) in [6, 6.07) is 11.1. The van der Waals surface area contributed by atoms with E-state index in [0.29, 0.717) is 0 Å². The Morgan fingerprint density at radius 1 is 0.800 bits per heavy atom. The molecular formula is C18H22O2. The third-order valence-electron chi connectivity index (χ3n) is 3.50. The van der Waals surface area contributed by atoms with E-state index in [-0.39, 0.29) is 11.5 Å². The predicted octanol–water partition coefficient (Wildman–Crippen LogP) is 4.67. The minimum Gasteiger partial charge on any atom is -0.508 e. The second kappa shape index (κ2) is 6.47. The molecule has 2 aromatic rings. The normalized spacial score (nSPS) is 10.7. The van der Waals surface area contributed by atoms with Crippen LogP contribution in [0, 0.1) is 0 Å². The first-order valence-corrected chi connectivity index (χ1v) is 7.29. The zero-order valence-corrected chi connectivity index (χ0v) is 12.2. The molecular weight excluding hydrogens is 248 g/mol. The number of hydrogen-bond donors (Lipinski definition) is 2. The molecule has 0 radical (unpaired) electrons. The molecule has 0 aromatic heterocycles. The maximum Gasteiger partial charge on any atom is 0.123 e. The van der Waals surface area contributed by atoms with E-state index >= 15 is 0 Å². The van der Waals surface area contributed by atoms with Gasteiger partial charge < -0.3 is 10.2 Å². The average Bonchev–Trinajstić information content (AvgIpc) is 2.43. The highest BCUT2D eigenvalue weighted by Gasteiger charge is 2.11. The van der Waals surface area contributed by atoms with Crippen LogP contribution in [0.5, 0.6) is 11.5 Å². The summed E-state index contributed by atoms with van der Waals surface area (Å²) in [5.41, 5.74) is 4.12. The second-order valence-corrected chi connectivity index (χ2v) is 5.19. The molecule has 0 fully saturated rings. The highest BCUT2D eigenvalue weighted by Crippen LogP contribution is 2.35. The van der Waals surface area contributed by atoms with E-state index < -0.39 is 0 Å². The largest absolute Gasteiger partial charge is 0.508 e. The Hall–Kier alpha value is -1.96. The molecule has 0 saturated heterocycles. The van der Waals surface area contributed by atoms with Gasteiger partial charge in [0.05, 0.1) is 0 Å². The van der Waals surface area contributed by atoms with E-state index in [2.05, 4.69) is 13.8 Å². The SMILES string of the molecule is CCCc1ccc(O)c(-c2cc(O)ccc2CCC)c1. The number of rotatable bonds is 5. The topological polar surface area (TPSA) is 40.5 Å². The Morgan fingerprint density at radius 3 is 2.25 bits per heavy atom. The van der Waals surface area contributed by atoms with Gasteiger partial charge in [0.25, 0.3) is 0 Å². The Bertz CT molecular complexity index is 588. The molecule has 106 valence electrons. The summed E-state index contributed by atoms with van der Waals surface area (Å²) in [6.07, 6.45) is 4.04. The Balaban J connectivity index is 2.54. The van der Waals surface area contributed by atoms with Gasteiger partial charge in [0, 0.05) is 5.56 Å². The van der Waals surface area contributed by atoms with Crippen molar-refractivity contribution in [2.45, 2.75) is 39.5 Å². The van der Waals surface area contributed by atoms with Gasteiger partial charge in [-0.05, 0) is 53.8 Å². The Kier molecular flexibility index (Phi) is 4.67. The summed E-state index contributed by atoms with van der Waals surface area (Å²) in [4.78, 5) is 0. The number of hydrogen-bond acceptors (Lipinski definition) is 2. The highest BCUT2D eigenvalue weighted by atomic mass is 16.3. The lowest BCUT2D eigenvalue weighted by molar-refractivity contribution is 0.474. The molecule has 0 bridgehead atoms. The van der Waals surface area contributed by atoms with Crippen molar-refractivity contribution in [3.8, 4) is 22.6 Å². The smallest absolute Gasteiger partial charge is 0.123 e. The van der Waals surface area contributed by atoms with Crippen molar-refractivity contribution in [3.63, 3.8) is 0 Å². The minimum absolute atomic E-state index is 0.236. The average molecular weight is 270 g/mol. The summed E-state index contributed by atoms with van der Waals surface area (Å²) in [7, 11) is 0. The first kappa shape index (κ1) is 14.4. The molecule has 0 aliphatic carbocycles. The molecule has 2 N–H and O–H groups in total. The molecule has 0 heterocycles. The van der Waals surface area contributed by atoms with Crippen molar-refractivity contribution in [3.05, 3.63) is 47.5 Å². The highest BCUT2D eigenvalue weighted by molar-refractivity contribution is 5.75.